The molecule has 1 heterocycles. The van der Waals surface area contributed by atoms with Crippen molar-refractivity contribution in [1.82, 2.24) is 5.32 Å². The lowest BCUT2D eigenvalue weighted by molar-refractivity contribution is -0.167. The molecule has 2 N–H and O–H groups in total. The maximum Gasteiger partial charge on any atom is 0.332 e. The smallest absolute Gasteiger partial charge is 0.332 e. The summed E-state index contributed by atoms with van der Waals surface area (Å²) in [6, 6.07) is 7.43. The zero-order chi connectivity index (χ0) is 15.7. The first kappa shape index (κ1) is 15.5. The third-order valence-corrected chi connectivity index (χ3v) is 3.46. The minimum absolute atomic E-state index is 0.334. The van der Waals surface area contributed by atoms with E-state index in [4.69, 9.17) is 4.74 Å². The van der Waals surface area contributed by atoms with E-state index in [1.165, 1.54) is 0 Å². The number of ether oxygens (including phenoxy) is 1. The van der Waals surface area contributed by atoms with Crippen molar-refractivity contribution in [3.8, 4) is 0 Å². The van der Waals surface area contributed by atoms with Gasteiger partial charge in [0.25, 0.3) is 0 Å². The number of esters is 1. The van der Waals surface area contributed by atoms with Gasteiger partial charge in [0, 0.05) is 6.54 Å². The van der Waals surface area contributed by atoms with Crippen LogP contribution < -0.4 is 5.32 Å². The van der Waals surface area contributed by atoms with E-state index in [2.05, 4.69) is 5.32 Å². The molecule has 1 aromatic carbocycles. The summed E-state index contributed by atoms with van der Waals surface area (Å²) >= 11 is 0. The second-order valence-electron chi connectivity index (χ2n) is 6.31. The number of benzene rings is 1. The monoisotopic (exact) mass is 291 g/mol. The Morgan fingerprint density at radius 1 is 1.33 bits per heavy atom. The molecule has 0 bridgehead atoms. The number of carboxylic acids is 1. The first-order valence-corrected chi connectivity index (χ1v) is 7.03. The molecular weight excluding hydrogens is 270 g/mol. The molecule has 5 heteroatoms. The lowest BCUT2D eigenvalue weighted by Crippen LogP contribution is -2.56. The zero-order valence-corrected chi connectivity index (χ0v) is 12.6. The summed E-state index contributed by atoms with van der Waals surface area (Å²) in [5.41, 5.74) is -0.291. The van der Waals surface area contributed by atoms with E-state index in [1.54, 1.807) is 26.8 Å². The highest BCUT2D eigenvalue weighted by atomic mass is 16.6. The molecule has 0 aromatic heterocycles. The molecule has 0 saturated carbocycles. The molecule has 0 fully saturated rings. The van der Waals surface area contributed by atoms with Crippen LogP contribution in [-0.2, 0) is 26.3 Å². The van der Waals surface area contributed by atoms with Crippen LogP contribution in [0.5, 0.6) is 0 Å². The van der Waals surface area contributed by atoms with Gasteiger partial charge in [-0.1, -0.05) is 24.3 Å². The quantitative estimate of drug-likeness (QED) is 0.831. The Hall–Kier alpha value is -1.88. The van der Waals surface area contributed by atoms with Crippen LogP contribution in [0.1, 0.15) is 38.3 Å². The van der Waals surface area contributed by atoms with Gasteiger partial charge in [-0.25, -0.2) is 4.79 Å². The topological polar surface area (TPSA) is 75.6 Å². The van der Waals surface area contributed by atoms with Crippen molar-refractivity contribution in [2.45, 2.75) is 44.8 Å². The summed E-state index contributed by atoms with van der Waals surface area (Å²) in [6.45, 7) is 5.86. The molecule has 1 atom stereocenters. The molecule has 2 rings (SSSR count). The largest absolute Gasteiger partial charge is 0.481 e. The molecule has 1 unspecified atom stereocenters. The van der Waals surface area contributed by atoms with Crippen molar-refractivity contribution in [3.05, 3.63) is 35.4 Å². The molecule has 114 valence electrons. The molecule has 0 saturated heterocycles. The number of nitrogens with one attached hydrogen (secondary N) is 1. The van der Waals surface area contributed by atoms with Crippen LogP contribution in [-0.4, -0.2) is 29.2 Å². The summed E-state index contributed by atoms with van der Waals surface area (Å²) < 4.78 is 5.47. The van der Waals surface area contributed by atoms with Crippen LogP contribution in [0.2, 0.25) is 0 Å². The lowest BCUT2D eigenvalue weighted by atomic mass is 9.80. The van der Waals surface area contributed by atoms with Crippen molar-refractivity contribution in [2.75, 3.05) is 6.54 Å². The SMILES string of the molecule is CC(C)(C)OC(=O)C1(CC(=O)O)NCCc2ccccc21. The number of hydrogen-bond donors (Lipinski definition) is 2. The number of carbonyl (C=O) groups excluding carboxylic acids is 1. The van der Waals surface area contributed by atoms with Gasteiger partial charge in [-0.05, 0) is 38.3 Å². The molecule has 1 aromatic rings. The van der Waals surface area contributed by atoms with E-state index in [-0.39, 0.29) is 6.42 Å². The summed E-state index contributed by atoms with van der Waals surface area (Å²) in [5.74, 6) is -1.57. The van der Waals surface area contributed by atoms with E-state index in [0.29, 0.717) is 12.1 Å². The van der Waals surface area contributed by atoms with Gasteiger partial charge >= 0.3 is 11.9 Å². The van der Waals surface area contributed by atoms with Crippen molar-refractivity contribution in [2.24, 2.45) is 0 Å². The maximum atomic E-state index is 12.7. The second kappa shape index (κ2) is 5.48. The van der Waals surface area contributed by atoms with Crippen molar-refractivity contribution < 1.29 is 19.4 Å². The zero-order valence-electron chi connectivity index (χ0n) is 12.6. The van der Waals surface area contributed by atoms with Gasteiger partial charge in [0.2, 0.25) is 0 Å². The van der Waals surface area contributed by atoms with Crippen LogP contribution in [0.4, 0.5) is 0 Å². The van der Waals surface area contributed by atoms with E-state index in [9.17, 15) is 14.7 Å². The van der Waals surface area contributed by atoms with E-state index in [1.807, 2.05) is 18.2 Å². The van der Waals surface area contributed by atoms with Gasteiger partial charge in [0.05, 0.1) is 6.42 Å². The van der Waals surface area contributed by atoms with Crippen LogP contribution in [0.3, 0.4) is 0 Å². The highest BCUT2D eigenvalue weighted by Gasteiger charge is 2.47. The standard InChI is InChI=1S/C16H21NO4/c1-15(2,3)21-14(20)16(10-13(18)19)12-7-5-4-6-11(12)8-9-17-16/h4-7,17H,8-10H2,1-3H3,(H,18,19). The number of hydrogen-bond acceptors (Lipinski definition) is 4. The Balaban J connectivity index is 2.49. The Morgan fingerprint density at radius 3 is 2.62 bits per heavy atom. The Labute approximate surface area is 124 Å². The predicted molar refractivity (Wildman–Crippen MR) is 77.9 cm³/mol. The van der Waals surface area contributed by atoms with Crippen molar-refractivity contribution in [1.29, 1.82) is 0 Å². The highest BCUT2D eigenvalue weighted by Crippen LogP contribution is 2.34. The summed E-state index contributed by atoms with van der Waals surface area (Å²) in [7, 11) is 0. The van der Waals surface area contributed by atoms with Gasteiger partial charge in [0.15, 0.2) is 5.54 Å². The fourth-order valence-electron chi connectivity index (χ4n) is 2.66. The average Bonchev–Trinajstić information content (AvgIpc) is 2.36. The second-order valence-corrected chi connectivity index (χ2v) is 6.31. The van der Waals surface area contributed by atoms with Gasteiger partial charge in [0.1, 0.15) is 5.60 Å². The Kier molecular flexibility index (Phi) is 4.05. The van der Waals surface area contributed by atoms with E-state index < -0.39 is 23.1 Å². The number of fused-ring (bicyclic) bond motifs is 1. The summed E-state index contributed by atoms with van der Waals surface area (Å²) in [6.07, 6.45) is 0.430. The fraction of sp³-hybridized carbons (Fsp3) is 0.500. The molecule has 1 aliphatic heterocycles. The van der Waals surface area contributed by atoms with Crippen LogP contribution in [0, 0.1) is 0 Å². The first-order chi connectivity index (χ1) is 9.74. The molecule has 0 radical (unpaired) electrons. The summed E-state index contributed by atoms with van der Waals surface area (Å²) in [4.78, 5) is 24.0. The number of carbonyl (C=O) groups is 2. The Bertz CT molecular complexity index is 562. The van der Waals surface area contributed by atoms with Crippen LogP contribution in [0.25, 0.3) is 0 Å². The molecule has 21 heavy (non-hydrogen) atoms. The minimum atomic E-state index is -1.31. The van der Waals surface area contributed by atoms with E-state index in [0.717, 1.165) is 12.0 Å². The first-order valence-electron chi connectivity index (χ1n) is 7.03. The lowest BCUT2D eigenvalue weighted by Gasteiger charge is -2.38. The molecule has 0 spiro atoms. The van der Waals surface area contributed by atoms with Crippen molar-refractivity contribution >= 4 is 11.9 Å². The Morgan fingerprint density at radius 2 is 2.00 bits per heavy atom. The highest BCUT2D eigenvalue weighted by molar-refractivity contribution is 5.89. The summed E-state index contributed by atoms with van der Waals surface area (Å²) in [5, 5.41) is 12.3. The maximum absolute atomic E-state index is 12.7. The number of carboxylic acid groups (broad SMARTS) is 1. The number of aliphatic carboxylic acids is 1. The molecule has 1 aliphatic rings. The van der Waals surface area contributed by atoms with Gasteiger partial charge < -0.3 is 9.84 Å². The number of rotatable bonds is 3. The molecule has 0 aliphatic carbocycles. The third-order valence-electron chi connectivity index (χ3n) is 3.46. The van der Waals surface area contributed by atoms with Gasteiger partial charge in [-0.15, -0.1) is 0 Å². The van der Waals surface area contributed by atoms with Crippen molar-refractivity contribution in [3.63, 3.8) is 0 Å². The molecular formula is C16H21NO4. The van der Waals surface area contributed by atoms with E-state index >= 15 is 0 Å². The van der Waals surface area contributed by atoms with Crippen LogP contribution in [0.15, 0.2) is 24.3 Å². The van der Waals surface area contributed by atoms with Gasteiger partial charge in [-0.3, -0.25) is 10.1 Å². The molecule has 0 amide bonds. The average molecular weight is 291 g/mol. The predicted octanol–water partition coefficient (Wildman–Crippen LogP) is 1.84. The minimum Gasteiger partial charge on any atom is -0.481 e. The van der Waals surface area contributed by atoms with Crippen LogP contribution >= 0.6 is 0 Å². The molecule has 5 nitrogen and oxygen atoms in total. The fourth-order valence-corrected chi connectivity index (χ4v) is 2.66. The van der Waals surface area contributed by atoms with Gasteiger partial charge in [-0.2, -0.15) is 0 Å². The normalized spacial score (nSPS) is 21.5. The third kappa shape index (κ3) is 3.24.